The Hall–Kier alpha value is -1.20. The molecule has 0 spiro atoms. The molecule has 5 heteroatoms. The lowest BCUT2D eigenvalue weighted by Crippen LogP contribution is -2.43. The van der Waals surface area contributed by atoms with Gasteiger partial charge >= 0.3 is 5.97 Å². The topological polar surface area (TPSA) is 52.6 Å². The fraction of sp³-hybridized carbons (Fsp3) is 0.700. The van der Waals surface area contributed by atoms with E-state index in [2.05, 4.69) is 33.9 Å². The van der Waals surface area contributed by atoms with Crippen LogP contribution in [0, 0.1) is 0 Å². The summed E-state index contributed by atoms with van der Waals surface area (Å²) in [6, 6.07) is 0. The Morgan fingerprint density at radius 1 is 1.32 bits per heavy atom. The molecule has 0 aromatic carbocycles. The van der Waals surface area contributed by atoms with Crippen molar-refractivity contribution in [1.82, 2.24) is 0 Å². The van der Waals surface area contributed by atoms with E-state index in [1.807, 2.05) is 25.2 Å². The van der Waals surface area contributed by atoms with Gasteiger partial charge in [0.1, 0.15) is 0 Å². The molecule has 4 nitrogen and oxygen atoms in total. The summed E-state index contributed by atoms with van der Waals surface area (Å²) in [5.74, 6) is 0.0510. The van der Waals surface area contributed by atoms with Crippen LogP contribution in [0.4, 0.5) is 0 Å². The maximum Gasteiger partial charge on any atom is 0.305 e. The molecule has 0 radical (unpaired) electrons. The number of unbranched alkanes of at least 4 members (excludes halogenated alkanes) is 1. The van der Waals surface area contributed by atoms with Gasteiger partial charge in [-0.1, -0.05) is 32.9 Å². The van der Waals surface area contributed by atoms with Gasteiger partial charge in [-0.25, -0.2) is 0 Å². The minimum Gasteiger partial charge on any atom is -0.466 e. The summed E-state index contributed by atoms with van der Waals surface area (Å²) in [5.41, 5.74) is 0.852. The Morgan fingerprint density at radius 3 is 2.60 bits per heavy atom. The first-order valence-corrected chi connectivity index (χ1v) is 12.2. The summed E-state index contributed by atoms with van der Waals surface area (Å²) in [4.78, 5) is 23.4. The summed E-state index contributed by atoms with van der Waals surface area (Å²) in [7, 11) is -1.85. The van der Waals surface area contributed by atoms with Gasteiger partial charge in [-0.3, -0.25) is 9.59 Å². The normalized spacial score (nSPS) is 18.7. The number of ketones is 1. The number of hydrogen-bond acceptors (Lipinski definition) is 4. The number of rotatable bonds is 9. The molecule has 0 aromatic rings. The van der Waals surface area contributed by atoms with Gasteiger partial charge < -0.3 is 9.16 Å². The number of carbonyl (C=O) groups excluding carboxylic acids is 2. The van der Waals surface area contributed by atoms with E-state index in [4.69, 9.17) is 9.16 Å². The molecule has 142 valence electrons. The largest absolute Gasteiger partial charge is 0.466 e. The van der Waals surface area contributed by atoms with Gasteiger partial charge in [0, 0.05) is 12.8 Å². The van der Waals surface area contributed by atoms with E-state index in [1.165, 1.54) is 0 Å². The summed E-state index contributed by atoms with van der Waals surface area (Å²) in [6.45, 7) is 13.3. The van der Waals surface area contributed by atoms with Crippen LogP contribution in [-0.4, -0.2) is 32.8 Å². The first-order chi connectivity index (χ1) is 11.6. The summed E-state index contributed by atoms with van der Waals surface area (Å²) in [5, 5.41) is 0.144. The molecule has 1 aliphatic rings. The van der Waals surface area contributed by atoms with E-state index < -0.39 is 8.32 Å². The Morgan fingerprint density at radius 2 is 2.00 bits per heavy atom. The quantitative estimate of drug-likeness (QED) is 0.251. The highest BCUT2D eigenvalue weighted by molar-refractivity contribution is 6.74. The van der Waals surface area contributed by atoms with Crippen LogP contribution in [0.1, 0.15) is 59.8 Å². The Bertz CT molecular complexity index is 526. The molecule has 0 fully saturated rings. The number of Topliss-reactive ketones (excluding diaryl/α,β-unsaturated/α-hetero) is 1. The Balaban J connectivity index is 2.42. The van der Waals surface area contributed by atoms with E-state index in [9.17, 15) is 9.59 Å². The number of ether oxygens (including phenoxy) is 1. The highest BCUT2D eigenvalue weighted by Crippen LogP contribution is 2.38. The van der Waals surface area contributed by atoms with Crippen molar-refractivity contribution in [2.75, 3.05) is 6.61 Å². The minimum absolute atomic E-state index is 0.0689. The number of allylic oxidation sites excluding steroid dienone is 3. The SMILES string of the molecule is CCOC(=O)CCC/C=C\CC1=C[C@H](O[Si](C)(C)C(C)(C)C)CC1=O. The maximum absolute atomic E-state index is 12.2. The molecule has 25 heavy (non-hydrogen) atoms. The fourth-order valence-corrected chi connectivity index (χ4v) is 3.69. The molecule has 1 rings (SSSR count). The summed E-state index contributed by atoms with van der Waals surface area (Å²) in [6.07, 6.45) is 9.16. The highest BCUT2D eigenvalue weighted by atomic mass is 28.4. The molecule has 0 aliphatic heterocycles. The first kappa shape index (κ1) is 21.8. The van der Waals surface area contributed by atoms with Crippen molar-refractivity contribution in [2.24, 2.45) is 0 Å². The van der Waals surface area contributed by atoms with E-state index in [1.54, 1.807) is 0 Å². The third kappa shape index (κ3) is 7.28. The highest BCUT2D eigenvalue weighted by Gasteiger charge is 2.40. The molecule has 0 N–H and O–H groups in total. The molecule has 0 heterocycles. The standard InChI is InChI=1S/C20H34O4Si/c1-7-23-19(22)13-11-9-8-10-12-16-14-17(15-18(16)21)24-25(5,6)20(2,3)4/h8,10,14,17H,7,9,11-13,15H2,1-6H3/b10-8-/t17-/m0/s1. The first-order valence-electron chi connectivity index (χ1n) is 9.29. The molecule has 0 unspecified atom stereocenters. The van der Waals surface area contributed by atoms with Gasteiger partial charge in [0.05, 0.1) is 12.7 Å². The van der Waals surface area contributed by atoms with Gasteiger partial charge in [-0.15, -0.1) is 0 Å². The van der Waals surface area contributed by atoms with Crippen molar-refractivity contribution in [3.05, 3.63) is 23.8 Å². The Kier molecular flexibility index (Phi) is 8.28. The van der Waals surface area contributed by atoms with Gasteiger partial charge in [0.25, 0.3) is 0 Å². The molecule has 1 aliphatic carbocycles. The van der Waals surface area contributed by atoms with Crippen molar-refractivity contribution in [3.8, 4) is 0 Å². The lowest BCUT2D eigenvalue weighted by atomic mass is 10.1. The lowest BCUT2D eigenvalue weighted by molar-refractivity contribution is -0.143. The van der Waals surface area contributed by atoms with Crippen molar-refractivity contribution in [2.45, 2.75) is 84.0 Å². The molecule has 0 saturated carbocycles. The zero-order valence-electron chi connectivity index (χ0n) is 16.7. The predicted octanol–water partition coefficient (Wildman–Crippen LogP) is 4.96. The van der Waals surface area contributed by atoms with Crippen LogP contribution in [0.5, 0.6) is 0 Å². The average molecular weight is 367 g/mol. The smallest absolute Gasteiger partial charge is 0.305 e. The second kappa shape index (κ2) is 9.48. The summed E-state index contributed by atoms with van der Waals surface area (Å²) >= 11 is 0. The van der Waals surface area contributed by atoms with Crippen LogP contribution in [0.25, 0.3) is 0 Å². The molecule has 0 saturated heterocycles. The zero-order valence-corrected chi connectivity index (χ0v) is 17.7. The van der Waals surface area contributed by atoms with Crippen LogP contribution in [0.3, 0.4) is 0 Å². The van der Waals surface area contributed by atoms with Crippen LogP contribution >= 0.6 is 0 Å². The molecule has 0 aromatic heterocycles. The van der Waals surface area contributed by atoms with Gasteiger partial charge in [-0.2, -0.15) is 0 Å². The van der Waals surface area contributed by atoms with Crippen LogP contribution in [0.2, 0.25) is 18.1 Å². The minimum atomic E-state index is -1.85. The van der Waals surface area contributed by atoms with Crippen molar-refractivity contribution in [3.63, 3.8) is 0 Å². The number of hydrogen-bond donors (Lipinski definition) is 0. The molecule has 1 atom stereocenters. The fourth-order valence-electron chi connectivity index (χ4n) is 2.43. The van der Waals surface area contributed by atoms with E-state index in [0.717, 1.165) is 18.4 Å². The lowest BCUT2D eigenvalue weighted by Gasteiger charge is -2.37. The molecule has 0 amide bonds. The monoisotopic (exact) mass is 366 g/mol. The van der Waals surface area contributed by atoms with Gasteiger partial charge in [0.15, 0.2) is 14.1 Å². The number of carbonyl (C=O) groups is 2. The summed E-state index contributed by atoms with van der Waals surface area (Å²) < 4.78 is 11.2. The zero-order chi connectivity index (χ0) is 19.1. The molecular formula is C20H34O4Si. The third-order valence-corrected chi connectivity index (χ3v) is 9.45. The van der Waals surface area contributed by atoms with E-state index in [0.29, 0.717) is 25.9 Å². The third-order valence-electron chi connectivity index (χ3n) is 4.95. The van der Waals surface area contributed by atoms with Crippen LogP contribution in [0.15, 0.2) is 23.8 Å². The van der Waals surface area contributed by atoms with Crippen LogP contribution < -0.4 is 0 Å². The van der Waals surface area contributed by atoms with Gasteiger partial charge in [0.2, 0.25) is 0 Å². The van der Waals surface area contributed by atoms with E-state index >= 15 is 0 Å². The van der Waals surface area contributed by atoms with Crippen molar-refractivity contribution in [1.29, 1.82) is 0 Å². The van der Waals surface area contributed by atoms with Gasteiger partial charge in [-0.05, 0) is 56.0 Å². The predicted molar refractivity (Wildman–Crippen MR) is 104 cm³/mol. The van der Waals surface area contributed by atoms with E-state index in [-0.39, 0.29) is 22.9 Å². The molecular weight excluding hydrogens is 332 g/mol. The second-order valence-electron chi connectivity index (χ2n) is 8.11. The van der Waals surface area contributed by atoms with Crippen LogP contribution in [-0.2, 0) is 18.8 Å². The Labute approximate surface area is 153 Å². The molecule has 0 bridgehead atoms. The number of esters is 1. The maximum atomic E-state index is 12.2. The van der Waals surface area contributed by atoms with Crippen molar-refractivity contribution < 1.29 is 18.8 Å². The van der Waals surface area contributed by atoms with Crippen molar-refractivity contribution >= 4 is 20.1 Å². The second-order valence-corrected chi connectivity index (χ2v) is 12.9. The average Bonchev–Trinajstić information content (AvgIpc) is 2.81.